The van der Waals surface area contributed by atoms with Gasteiger partial charge in [0.2, 0.25) is 0 Å². The summed E-state index contributed by atoms with van der Waals surface area (Å²) >= 11 is 1.47. The predicted octanol–water partition coefficient (Wildman–Crippen LogP) is 31.5. The fraction of sp³-hybridized carbons (Fsp3) is 0.0156. The number of nitrogens with zero attached hydrogens (tertiary/aromatic N) is 11. The second-order valence-corrected chi connectivity index (χ2v) is 35.2. The maximum atomic E-state index is 5.44. The molecule has 2 radical (unpaired) electrons. The molecule has 0 aliphatic heterocycles. The number of rotatable bonds is 15. The average molecular weight is 2020 g/mol. The van der Waals surface area contributed by atoms with Crippen molar-refractivity contribution in [2.45, 2.75) is 13.8 Å². The third-order valence-corrected chi connectivity index (χ3v) is 26.2. The molecule has 0 spiro atoms. The Hall–Kier alpha value is -17.6. The Bertz CT molecular complexity index is 8660. The van der Waals surface area contributed by atoms with Crippen LogP contribution in [0, 0.1) is 19.9 Å². The summed E-state index contributed by atoms with van der Waals surface area (Å²) in [5, 5.41) is 10.1. The number of fused-ring (bicyclic) bond motifs is 11. The van der Waals surface area contributed by atoms with Crippen molar-refractivity contribution >= 4 is 104 Å². The van der Waals surface area contributed by atoms with Gasteiger partial charge in [0, 0.05) is 83.7 Å². The van der Waals surface area contributed by atoms with Gasteiger partial charge in [-0.3, -0.25) is 23.7 Å². The Kier molecular flexibility index (Phi) is 25.4. The quantitative estimate of drug-likeness (QED) is 0.0560. The first kappa shape index (κ1) is 89.6. The molecule has 0 amide bonds. The van der Waals surface area contributed by atoms with Crippen molar-refractivity contribution < 1.29 is 23.9 Å². The van der Waals surface area contributed by atoms with Crippen molar-refractivity contribution in [2.24, 2.45) is 0 Å². The van der Waals surface area contributed by atoms with Crippen LogP contribution in [0.4, 0.5) is 0 Å². The van der Waals surface area contributed by atoms with Crippen LogP contribution in [0.1, 0.15) is 11.1 Å². The van der Waals surface area contributed by atoms with Gasteiger partial charge in [-0.25, -0.2) is 29.9 Å². The summed E-state index contributed by atoms with van der Waals surface area (Å²) < 4.78 is 11.7. The van der Waals surface area contributed by atoms with Crippen molar-refractivity contribution in [2.75, 3.05) is 0 Å². The van der Waals surface area contributed by atoms with Crippen LogP contribution in [0.2, 0.25) is 0 Å². The molecule has 14 heteroatoms. The largest absolute Gasteiger partial charge is 0.649 e. The Morgan fingerprint density at radius 3 is 1.04 bits per heavy atom. The van der Waals surface area contributed by atoms with Crippen molar-refractivity contribution in [3.8, 4) is 146 Å². The van der Waals surface area contributed by atoms with Gasteiger partial charge < -0.3 is 3.79 Å². The van der Waals surface area contributed by atoms with Crippen LogP contribution in [-0.2, 0) is 20.1 Å². The standard InChI is InChI=1S/C60H39N9.C42H28.C17H14N.C9H7NO.Al.Ir.H/c1-4-19-40(20-5-1)46-25-10-13-31-52(46)67-55(64-49-28-16-34-61-58(49)67)43-37-44(56-65-50-29-17-35-62-59(50)68(56)53-32-14-11-26-47(53)41-21-6-2-7-22-41)39-45(38-43)57-66-51-30-18-36-63-60(51)69(57)54-33-15-12-27-48(54)42-23-8-3-9-24-42;1-2-10-29(11-3-1)30-20-22-31(23-21-30)32-12-8-13-33(26-32)34-14-9-15-35(27-34)36-24-25-41-39-18-5-4-16-37(39)38-17-6-7-19-40(38)42(41)28-36;1-12-9-13(2)11-15(10-12)17-8-7-14-5-3-4-6-16(14)18-17;11-8-5-1-3-7-4-2-6-10-9(7)8;;;/h1-39H;1-28H;3-10H,1-2H3;1-6,11H;;;/q;;-1;;+1;;/p-1. The van der Waals surface area contributed by atoms with Crippen molar-refractivity contribution in [3.63, 3.8) is 0 Å². The van der Waals surface area contributed by atoms with E-state index in [0.717, 1.165) is 140 Å². The van der Waals surface area contributed by atoms with Crippen LogP contribution >= 0.6 is 0 Å². The molecule has 8 heterocycles. The van der Waals surface area contributed by atoms with Gasteiger partial charge in [-0.1, -0.05) is 360 Å². The second-order valence-electron chi connectivity index (χ2n) is 34.9. The number of hydrogen-bond donors (Lipinski definition) is 0. The number of aryl methyl sites for hydroxylation is 2. The minimum absolute atomic E-state index is 0. The van der Waals surface area contributed by atoms with E-state index in [0.29, 0.717) is 17.5 Å². The minimum atomic E-state index is 0. The summed E-state index contributed by atoms with van der Waals surface area (Å²) in [5.74, 6) is 2.98. The molecule has 12 nitrogen and oxygen atoms in total. The Balaban J connectivity index is 0.000000132. The first-order valence-corrected chi connectivity index (χ1v) is 47.7. The van der Waals surface area contributed by atoms with E-state index in [9.17, 15) is 0 Å². The van der Waals surface area contributed by atoms with Gasteiger partial charge in [-0.15, -0.1) is 34.9 Å². The van der Waals surface area contributed by atoms with E-state index >= 15 is 0 Å². The summed E-state index contributed by atoms with van der Waals surface area (Å²) in [6, 6.07) is 167. The van der Waals surface area contributed by atoms with Crippen LogP contribution in [0.5, 0.6) is 5.75 Å². The van der Waals surface area contributed by atoms with Crippen LogP contribution in [-0.4, -0.2) is 70.2 Å². The summed E-state index contributed by atoms with van der Waals surface area (Å²) in [7, 11) is 0. The van der Waals surface area contributed by atoms with Gasteiger partial charge in [0.05, 0.1) is 22.6 Å². The molecule has 0 aliphatic rings. The van der Waals surface area contributed by atoms with E-state index in [2.05, 4.69) is 403 Å². The maximum absolute atomic E-state index is 5.44. The molecule has 8 aromatic heterocycles. The number of imidazole rings is 3. The molecule has 26 rings (SSSR count). The Labute approximate surface area is 844 Å². The third-order valence-electron chi connectivity index (χ3n) is 25.9. The van der Waals surface area contributed by atoms with Gasteiger partial charge in [0.25, 0.3) is 0 Å². The number of benzene rings is 18. The van der Waals surface area contributed by atoms with Crippen LogP contribution in [0.15, 0.2) is 492 Å². The monoisotopic (exact) mass is 2010 g/mol. The summed E-state index contributed by atoms with van der Waals surface area (Å²) in [6.07, 6.45) is 7.26. The van der Waals surface area contributed by atoms with E-state index in [-0.39, 0.29) is 20.1 Å². The van der Waals surface area contributed by atoms with E-state index in [1.807, 2.05) is 122 Å². The van der Waals surface area contributed by atoms with Gasteiger partial charge in [0.1, 0.15) is 45.3 Å². The first-order chi connectivity index (χ1) is 69.7. The molecule has 0 saturated heterocycles. The molecular weight excluding hydrogens is 1930 g/mol. The molecule has 0 unspecified atom stereocenters. The SMILES string of the molecule is Cc1[c-]c(-c2ccc3ccccc3n2)cc(C)c1.[AlH][O]c1cccc2cccnc12.[Ir].c1ccc(-c2ccc(-c3cccc(-c4cccc(-c5ccc6c7ccccc7c7ccccc7c6c5)c4)c3)cc2)cc1.c1ccc(-c2ccccc2-n2c(-c3cc(-c4nc5cccnc5n4-c4ccccc4-c4ccccc4)cc(-c4nc5cccnc5n4-c4ccccc4-c4ccccc4)c3)nc3cccnc32)cc1. The minimum Gasteiger partial charge on any atom is -0.649 e. The number of para-hydroxylation sites is 5. The fourth-order valence-corrected chi connectivity index (χ4v) is 19.6. The first-order valence-electron chi connectivity index (χ1n) is 47.1. The Morgan fingerprint density at radius 1 is 0.239 bits per heavy atom. The summed E-state index contributed by atoms with van der Waals surface area (Å²) in [6.45, 7) is 4.17. The topological polar surface area (TPSA) is 127 Å². The van der Waals surface area contributed by atoms with Crippen LogP contribution in [0.25, 0.3) is 228 Å². The zero-order chi connectivity index (χ0) is 94.5. The number of pyridine rings is 5. The van der Waals surface area contributed by atoms with E-state index < -0.39 is 0 Å². The van der Waals surface area contributed by atoms with E-state index in [1.165, 1.54) is 104 Å². The van der Waals surface area contributed by atoms with Crippen molar-refractivity contribution in [1.82, 2.24) is 53.6 Å². The normalized spacial score (nSPS) is 11.1. The van der Waals surface area contributed by atoms with Gasteiger partial charge >= 0.3 is 16.6 Å². The molecule has 0 saturated carbocycles. The van der Waals surface area contributed by atoms with Crippen molar-refractivity contribution in [3.05, 3.63) is 509 Å². The molecule has 26 aromatic rings. The molecule has 0 fully saturated rings. The molecule has 0 aliphatic carbocycles. The van der Waals surface area contributed by atoms with Gasteiger partial charge in [-0.05, 0) is 214 Å². The smallest absolute Gasteiger partial charge is 0.494 e. The summed E-state index contributed by atoms with van der Waals surface area (Å²) in [4.78, 5) is 40.2. The molecule has 18 aromatic carbocycles. The van der Waals surface area contributed by atoms with Gasteiger partial charge in [0.15, 0.2) is 16.9 Å². The molecular formula is C128H88AlIrN11O-. The molecule has 0 atom stereocenters. The Morgan fingerprint density at radius 2 is 0.570 bits per heavy atom. The zero-order valence-electron chi connectivity index (χ0n) is 77.6. The van der Waals surface area contributed by atoms with Crippen molar-refractivity contribution in [1.29, 1.82) is 0 Å². The van der Waals surface area contributed by atoms with E-state index in [4.69, 9.17) is 38.7 Å². The molecule has 674 valence electrons. The van der Waals surface area contributed by atoms with Crippen LogP contribution < -0.4 is 3.79 Å². The number of aromatic nitrogens is 11. The molecule has 0 bridgehead atoms. The molecule has 0 N–H and O–H groups in total. The van der Waals surface area contributed by atoms with Gasteiger partial charge in [-0.2, -0.15) is 0 Å². The van der Waals surface area contributed by atoms with E-state index in [1.54, 1.807) is 6.20 Å². The average Bonchev–Trinajstić information content (AvgIpc) is 1.68. The predicted molar refractivity (Wildman–Crippen MR) is 582 cm³/mol. The second kappa shape index (κ2) is 40.2. The fourth-order valence-electron chi connectivity index (χ4n) is 19.4. The summed E-state index contributed by atoms with van der Waals surface area (Å²) in [5.41, 5.74) is 32.6. The molecule has 142 heavy (non-hydrogen) atoms. The zero-order valence-corrected chi connectivity index (χ0v) is 81.4. The van der Waals surface area contributed by atoms with Crippen LogP contribution in [0.3, 0.4) is 0 Å². The maximum Gasteiger partial charge on any atom is 0.494 e. The number of hydrogen-bond acceptors (Lipinski definition) is 9. The third kappa shape index (κ3) is 18.0.